The second kappa shape index (κ2) is 8.91. The third-order valence-electron chi connectivity index (χ3n) is 4.29. The van der Waals surface area contributed by atoms with Crippen molar-refractivity contribution in [3.8, 4) is 0 Å². The van der Waals surface area contributed by atoms with E-state index in [1.54, 1.807) is 23.5 Å². The van der Waals surface area contributed by atoms with E-state index < -0.39 is 0 Å². The van der Waals surface area contributed by atoms with Crippen molar-refractivity contribution in [1.82, 2.24) is 10.2 Å². The number of benzene rings is 1. The van der Waals surface area contributed by atoms with E-state index in [1.165, 1.54) is 11.3 Å². The van der Waals surface area contributed by atoms with E-state index in [2.05, 4.69) is 64.8 Å². The Morgan fingerprint density at radius 2 is 2.04 bits per heavy atom. The highest BCUT2D eigenvalue weighted by molar-refractivity contribution is 8.17. The third kappa shape index (κ3) is 4.91. The van der Waals surface area contributed by atoms with Crippen LogP contribution in [0.2, 0.25) is 0 Å². The summed E-state index contributed by atoms with van der Waals surface area (Å²) in [5.74, 6) is 0.950. The summed E-state index contributed by atoms with van der Waals surface area (Å²) in [7, 11) is 0. The molecule has 3 aliphatic rings. The normalized spacial score (nSPS) is 22.5. The van der Waals surface area contributed by atoms with Crippen molar-refractivity contribution in [2.45, 2.75) is 31.8 Å². The van der Waals surface area contributed by atoms with Crippen molar-refractivity contribution in [2.75, 3.05) is 18.8 Å². The average Bonchev–Trinajstić information content (AvgIpc) is 3.21. The van der Waals surface area contributed by atoms with Gasteiger partial charge in [0, 0.05) is 18.0 Å². The second-order valence-corrected chi connectivity index (χ2v) is 8.79. The fraction of sp³-hybridized carbons (Fsp3) is 0.444. The zero-order valence-corrected chi connectivity index (χ0v) is 18.1. The number of halogens is 2. The Bertz CT molecular complexity index is 719. The molecule has 26 heavy (non-hydrogen) atoms. The molecular weight excluding hydrogens is 407 g/mol. The molecule has 8 heteroatoms. The maximum Gasteiger partial charge on any atom is 0.168 e. The zero-order chi connectivity index (χ0) is 16.6. The highest BCUT2D eigenvalue weighted by atomic mass is 35.5. The Morgan fingerprint density at radius 3 is 2.81 bits per heavy atom. The van der Waals surface area contributed by atoms with Gasteiger partial charge in [0.1, 0.15) is 0 Å². The quantitative estimate of drug-likeness (QED) is 0.777. The third-order valence-corrected chi connectivity index (χ3v) is 6.16. The summed E-state index contributed by atoms with van der Waals surface area (Å²) in [6.45, 7) is 6.24. The van der Waals surface area contributed by atoms with Crippen LogP contribution in [0.15, 0.2) is 51.4 Å². The Balaban J connectivity index is 0.00000121. The van der Waals surface area contributed by atoms with E-state index in [0.717, 1.165) is 35.6 Å². The molecule has 3 aliphatic heterocycles. The Hall–Kier alpha value is -0.820. The lowest BCUT2D eigenvalue weighted by Crippen LogP contribution is -2.32. The fourth-order valence-corrected chi connectivity index (χ4v) is 5.23. The molecule has 142 valence electrons. The number of rotatable bonds is 4. The zero-order valence-electron chi connectivity index (χ0n) is 14.8. The lowest BCUT2D eigenvalue weighted by atomic mass is 10.1. The van der Waals surface area contributed by atoms with E-state index in [4.69, 9.17) is 4.99 Å². The van der Waals surface area contributed by atoms with Crippen LogP contribution in [0.3, 0.4) is 0 Å². The monoisotopic (exact) mass is 430 g/mol. The number of amidine groups is 2. The number of fused-ring (bicyclic) bond motifs is 1. The van der Waals surface area contributed by atoms with Crippen molar-refractivity contribution < 1.29 is 0 Å². The van der Waals surface area contributed by atoms with Gasteiger partial charge in [0.2, 0.25) is 0 Å². The van der Waals surface area contributed by atoms with Gasteiger partial charge in [-0.05, 0) is 31.2 Å². The summed E-state index contributed by atoms with van der Waals surface area (Å²) in [6, 6.07) is 11.1. The number of hydrogen-bond acceptors (Lipinski definition) is 6. The van der Waals surface area contributed by atoms with Crippen LogP contribution in [0, 0.1) is 0 Å². The van der Waals surface area contributed by atoms with Crippen LogP contribution < -0.4 is 5.32 Å². The molecule has 3 heterocycles. The molecule has 1 aromatic carbocycles. The maximum atomic E-state index is 4.77. The van der Waals surface area contributed by atoms with Gasteiger partial charge in [-0.2, -0.15) is 0 Å². The van der Waals surface area contributed by atoms with Crippen LogP contribution >= 0.6 is 48.3 Å². The number of aliphatic imine (C=N–C) groups is 2. The highest BCUT2D eigenvalue weighted by Gasteiger charge is 2.36. The molecule has 1 unspecified atom stereocenters. The summed E-state index contributed by atoms with van der Waals surface area (Å²) < 4.78 is 0. The standard InChI is InChI=1S/C18H22N4S2.2ClH/c1-18(2)12-22-15(11-24-17(22)21-18)10-23-16-19-9-14(20-16)8-13-6-4-3-5-7-13;;/h3-7,11,14H,8-10,12H2,1-2H3,(H,19,20);2*1H. The maximum absolute atomic E-state index is 4.77. The molecule has 0 aromatic heterocycles. The van der Waals surface area contributed by atoms with E-state index >= 15 is 0 Å². The molecule has 0 fully saturated rings. The largest absolute Gasteiger partial charge is 0.360 e. The van der Waals surface area contributed by atoms with E-state index in [1.807, 2.05) is 0 Å². The number of thioether (sulfide) groups is 2. The van der Waals surface area contributed by atoms with Gasteiger partial charge >= 0.3 is 0 Å². The first kappa shape index (κ1) is 21.5. The predicted octanol–water partition coefficient (Wildman–Crippen LogP) is 4.17. The smallest absolute Gasteiger partial charge is 0.168 e. The van der Waals surface area contributed by atoms with E-state index in [9.17, 15) is 0 Å². The molecule has 4 nitrogen and oxygen atoms in total. The van der Waals surface area contributed by atoms with Crippen LogP contribution in [0.4, 0.5) is 0 Å². The van der Waals surface area contributed by atoms with E-state index in [0.29, 0.717) is 6.04 Å². The second-order valence-electron chi connectivity index (χ2n) is 6.99. The molecule has 0 spiro atoms. The van der Waals surface area contributed by atoms with Crippen molar-refractivity contribution >= 4 is 58.7 Å². The molecule has 0 radical (unpaired) electrons. The first-order chi connectivity index (χ1) is 11.6. The van der Waals surface area contributed by atoms with Crippen molar-refractivity contribution in [3.63, 3.8) is 0 Å². The molecule has 1 aromatic rings. The molecule has 4 rings (SSSR count). The molecule has 0 amide bonds. The summed E-state index contributed by atoms with van der Waals surface area (Å²) in [5.41, 5.74) is 2.76. The number of nitrogens with zero attached hydrogens (tertiary/aromatic N) is 3. The van der Waals surface area contributed by atoms with Crippen LogP contribution in [0.1, 0.15) is 19.4 Å². The number of nitrogens with one attached hydrogen (secondary N) is 1. The molecular formula is C18H24Cl2N4S2. The van der Waals surface area contributed by atoms with Gasteiger partial charge in [-0.25, -0.2) is 0 Å². The number of hydrogen-bond donors (Lipinski definition) is 1. The first-order valence-electron chi connectivity index (χ1n) is 8.30. The molecule has 0 aliphatic carbocycles. The Morgan fingerprint density at radius 1 is 1.27 bits per heavy atom. The van der Waals surface area contributed by atoms with E-state index in [-0.39, 0.29) is 30.4 Å². The molecule has 1 atom stereocenters. The van der Waals surface area contributed by atoms with Crippen molar-refractivity contribution in [2.24, 2.45) is 9.98 Å². The first-order valence-corrected chi connectivity index (χ1v) is 10.2. The summed E-state index contributed by atoms with van der Waals surface area (Å²) in [4.78, 5) is 11.8. The summed E-state index contributed by atoms with van der Waals surface area (Å²) in [6.07, 6.45) is 1.03. The van der Waals surface area contributed by atoms with Crippen molar-refractivity contribution in [3.05, 3.63) is 47.0 Å². The molecule has 1 N–H and O–H groups in total. The summed E-state index contributed by atoms with van der Waals surface area (Å²) >= 11 is 3.55. The minimum absolute atomic E-state index is 0. The van der Waals surface area contributed by atoms with Gasteiger partial charge in [0.15, 0.2) is 10.3 Å². The molecule has 0 saturated heterocycles. The fourth-order valence-electron chi connectivity index (χ4n) is 3.12. The minimum Gasteiger partial charge on any atom is -0.360 e. The van der Waals surface area contributed by atoms with Crippen molar-refractivity contribution in [1.29, 1.82) is 0 Å². The molecule has 0 saturated carbocycles. The van der Waals surface area contributed by atoms with Gasteiger partial charge in [0.05, 0.1) is 18.1 Å². The topological polar surface area (TPSA) is 40.0 Å². The van der Waals surface area contributed by atoms with Gasteiger partial charge in [-0.1, -0.05) is 53.9 Å². The Kier molecular flexibility index (Phi) is 7.36. The highest BCUT2D eigenvalue weighted by Crippen LogP contribution is 2.36. The lowest BCUT2D eigenvalue weighted by molar-refractivity contribution is 0.436. The van der Waals surface area contributed by atoms with Gasteiger partial charge in [0.25, 0.3) is 0 Å². The predicted molar refractivity (Wildman–Crippen MR) is 120 cm³/mol. The minimum atomic E-state index is 0. The SMILES string of the molecule is CC1(C)CN2C(CSC3=NCC(Cc4ccccc4)N3)=CSC2=N1.Cl.Cl. The molecule has 0 bridgehead atoms. The average molecular weight is 431 g/mol. The van der Waals surface area contributed by atoms with Crippen LogP contribution in [-0.4, -0.2) is 45.7 Å². The van der Waals surface area contributed by atoms with Crippen LogP contribution in [0.5, 0.6) is 0 Å². The summed E-state index contributed by atoms with van der Waals surface area (Å²) in [5, 5.41) is 8.03. The van der Waals surface area contributed by atoms with Gasteiger partial charge in [-0.3, -0.25) is 9.98 Å². The van der Waals surface area contributed by atoms with Gasteiger partial charge < -0.3 is 10.2 Å². The van der Waals surface area contributed by atoms with Crippen LogP contribution in [0.25, 0.3) is 0 Å². The van der Waals surface area contributed by atoms with Gasteiger partial charge in [-0.15, -0.1) is 24.8 Å². The Labute approximate surface area is 176 Å². The van der Waals surface area contributed by atoms with Crippen LogP contribution in [-0.2, 0) is 6.42 Å². The lowest BCUT2D eigenvalue weighted by Gasteiger charge is -2.20.